The highest BCUT2D eigenvalue weighted by molar-refractivity contribution is 5.71. The molecule has 214 valence electrons. The van der Waals surface area contributed by atoms with Crippen LogP contribution < -0.4 is 10.5 Å². The summed E-state index contributed by atoms with van der Waals surface area (Å²) in [5.74, 6) is 0.384. The molecule has 0 aliphatic carbocycles. The second kappa shape index (κ2) is 22.0. The van der Waals surface area contributed by atoms with Crippen LogP contribution in [0.3, 0.4) is 0 Å². The number of hydrogen-bond acceptors (Lipinski definition) is 11. The number of carbonyl (C=O) groups excluding carboxylic acids is 1. The molecule has 0 aliphatic heterocycles. The summed E-state index contributed by atoms with van der Waals surface area (Å²) < 4.78 is 48.4. The summed E-state index contributed by atoms with van der Waals surface area (Å²) in [6.07, 6.45) is 0. The molecule has 0 heterocycles. The molecule has 0 radical (unpaired) electrons. The number of nitrogen functional groups attached to an aromatic ring is 1. The van der Waals surface area contributed by atoms with E-state index >= 15 is 0 Å². The van der Waals surface area contributed by atoms with Gasteiger partial charge in [0.25, 0.3) is 0 Å². The minimum Gasteiger partial charge on any atom is -0.491 e. The second-order valence-corrected chi connectivity index (χ2v) is 8.73. The van der Waals surface area contributed by atoms with Gasteiger partial charge in [-0.2, -0.15) is 0 Å². The van der Waals surface area contributed by atoms with Crippen molar-refractivity contribution in [2.75, 3.05) is 105 Å². The number of esters is 1. The van der Waals surface area contributed by atoms with E-state index in [1.54, 1.807) is 12.1 Å². The highest BCUT2D eigenvalue weighted by Crippen LogP contribution is 2.12. The van der Waals surface area contributed by atoms with Gasteiger partial charge in [0, 0.05) is 5.69 Å². The van der Waals surface area contributed by atoms with E-state index < -0.39 is 5.60 Å². The maximum Gasteiger partial charge on any atom is 0.332 e. The van der Waals surface area contributed by atoms with Gasteiger partial charge in [-0.3, -0.25) is 0 Å². The van der Waals surface area contributed by atoms with Crippen LogP contribution in [-0.2, 0) is 42.7 Å². The van der Waals surface area contributed by atoms with Gasteiger partial charge < -0.3 is 48.4 Å². The summed E-state index contributed by atoms with van der Waals surface area (Å²) in [7, 11) is 0. The quantitative estimate of drug-likeness (QED) is 0.120. The van der Waals surface area contributed by atoms with E-state index in [0.29, 0.717) is 98.2 Å². The van der Waals surface area contributed by atoms with Gasteiger partial charge in [0.05, 0.1) is 85.9 Å². The normalized spacial score (nSPS) is 11.5. The van der Waals surface area contributed by atoms with Crippen LogP contribution in [0.4, 0.5) is 5.69 Å². The third kappa shape index (κ3) is 22.9. The van der Waals surface area contributed by atoms with Crippen LogP contribution in [0, 0.1) is 0 Å². The van der Waals surface area contributed by atoms with E-state index in [1.807, 2.05) is 32.9 Å². The Balaban J connectivity index is 1.69. The van der Waals surface area contributed by atoms with Gasteiger partial charge in [-0.15, -0.1) is 0 Å². The highest BCUT2D eigenvalue weighted by atomic mass is 16.6. The maximum absolute atomic E-state index is 11.5. The lowest BCUT2D eigenvalue weighted by molar-refractivity contribution is -0.160. The van der Waals surface area contributed by atoms with Crippen molar-refractivity contribution in [3.8, 4) is 5.75 Å². The van der Waals surface area contributed by atoms with Crippen molar-refractivity contribution in [3.63, 3.8) is 0 Å². The second-order valence-electron chi connectivity index (χ2n) is 8.73. The topological polar surface area (TPSA) is 126 Å². The molecule has 0 saturated heterocycles. The van der Waals surface area contributed by atoms with Crippen molar-refractivity contribution in [3.05, 3.63) is 24.3 Å². The van der Waals surface area contributed by atoms with Crippen LogP contribution >= 0.6 is 0 Å². The summed E-state index contributed by atoms with van der Waals surface area (Å²) in [5.41, 5.74) is 5.83. The van der Waals surface area contributed by atoms with Gasteiger partial charge in [-0.05, 0) is 45.0 Å². The van der Waals surface area contributed by atoms with Gasteiger partial charge in [0.15, 0.2) is 0 Å². The molecule has 0 aliphatic rings. The minimum absolute atomic E-state index is 0.0798. The molecular formula is C26H45NO10. The maximum atomic E-state index is 11.5. The average Bonchev–Trinajstić information content (AvgIpc) is 2.84. The Bertz CT molecular complexity index is 666. The lowest BCUT2D eigenvalue weighted by Crippen LogP contribution is -2.27. The van der Waals surface area contributed by atoms with E-state index in [0.717, 1.165) is 5.75 Å². The first-order valence-electron chi connectivity index (χ1n) is 12.6. The van der Waals surface area contributed by atoms with Crippen LogP contribution in [0.5, 0.6) is 5.75 Å². The number of rotatable bonds is 24. The molecule has 2 N–H and O–H groups in total. The zero-order valence-corrected chi connectivity index (χ0v) is 22.6. The summed E-state index contributed by atoms with van der Waals surface area (Å²) in [6, 6.07) is 7.24. The Hall–Kier alpha value is -1.99. The van der Waals surface area contributed by atoms with Crippen molar-refractivity contribution in [2.45, 2.75) is 26.4 Å². The minimum atomic E-state index is -0.506. The largest absolute Gasteiger partial charge is 0.491 e. The van der Waals surface area contributed by atoms with E-state index in [1.165, 1.54) is 0 Å². The number of ether oxygens (including phenoxy) is 9. The molecule has 1 aromatic rings. The predicted octanol–water partition coefficient (Wildman–Crippen LogP) is 2.11. The summed E-state index contributed by atoms with van der Waals surface area (Å²) >= 11 is 0. The fourth-order valence-corrected chi connectivity index (χ4v) is 2.63. The number of carbonyl (C=O) groups is 1. The Kier molecular flexibility index (Phi) is 19.7. The van der Waals surface area contributed by atoms with Crippen LogP contribution in [0.2, 0.25) is 0 Å². The first-order chi connectivity index (χ1) is 17.9. The molecule has 37 heavy (non-hydrogen) atoms. The van der Waals surface area contributed by atoms with Crippen LogP contribution in [0.25, 0.3) is 0 Å². The van der Waals surface area contributed by atoms with Crippen molar-refractivity contribution >= 4 is 11.7 Å². The average molecular weight is 532 g/mol. The molecular weight excluding hydrogens is 486 g/mol. The lowest BCUT2D eigenvalue weighted by atomic mass is 10.2. The number of benzene rings is 1. The fourth-order valence-electron chi connectivity index (χ4n) is 2.63. The lowest BCUT2D eigenvalue weighted by Gasteiger charge is -2.19. The van der Waals surface area contributed by atoms with Gasteiger partial charge in [-0.1, -0.05) is 0 Å². The Morgan fingerprint density at radius 2 is 0.946 bits per heavy atom. The zero-order valence-electron chi connectivity index (χ0n) is 22.6. The first-order valence-corrected chi connectivity index (χ1v) is 12.6. The van der Waals surface area contributed by atoms with Crippen molar-refractivity contribution in [1.29, 1.82) is 0 Å². The van der Waals surface area contributed by atoms with Gasteiger partial charge >= 0.3 is 5.97 Å². The summed E-state index contributed by atoms with van der Waals surface area (Å²) in [6.45, 7) is 11.9. The SMILES string of the molecule is CC(C)(C)OC(=O)COCCOCCOCCOCCOCCOCCOCCOc1ccc(N)cc1. The van der Waals surface area contributed by atoms with E-state index in [-0.39, 0.29) is 12.6 Å². The zero-order chi connectivity index (χ0) is 27.0. The van der Waals surface area contributed by atoms with Crippen LogP contribution in [-0.4, -0.2) is 111 Å². The third-order valence-corrected chi connectivity index (χ3v) is 4.25. The standard InChI is InChI=1S/C26H45NO10/c1-26(2,3)37-25(28)22-35-19-18-33-15-14-31-11-10-29-8-9-30-12-13-32-16-17-34-20-21-36-24-6-4-23(27)5-7-24/h4-7H,8-22,27H2,1-3H3. The van der Waals surface area contributed by atoms with Gasteiger partial charge in [0.2, 0.25) is 0 Å². The summed E-state index contributed by atoms with van der Waals surface area (Å²) in [4.78, 5) is 11.5. The summed E-state index contributed by atoms with van der Waals surface area (Å²) in [5, 5.41) is 0. The molecule has 0 fully saturated rings. The van der Waals surface area contributed by atoms with Gasteiger partial charge in [-0.25, -0.2) is 4.79 Å². The van der Waals surface area contributed by atoms with Crippen molar-refractivity contribution < 1.29 is 47.4 Å². The Morgan fingerprint density at radius 3 is 1.32 bits per heavy atom. The monoisotopic (exact) mass is 531 g/mol. The molecule has 0 unspecified atom stereocenters. The van der Waals surface area contributed by atoms with Crippen LogP contribution in [0.1, 0.15) is 20.8 Å². The third-order valence-electron chi connectivity index (χ3n) is 4.25. The molecule has 0 atom stereocenters. The molecule has 11 heteroatoms. The van der Waals surface area contributed by atoms with E-state index in [2.05, 4.69) is 0 Å². The first kappa shape index (κ1) is 33.0. The number of nitrogens with two attached hydrogens (primary N) is 1. The smallest absolute Gasteiger partial charge is 0.332 e. The van der Waals surface area contributed by atoms with Crippen molar-refractivity contribution in [1.82, 2.24) is 0 Å². The molecule has 1 rings (SSSR count). The van der Waals surface area contributed by atoms with Gasteiger partial charge in [0.1, 0.15) is 24.6 Å². The molecule has 0 amide bonds. The highest BCUT2D eigenvalue weighted by Gasteiger charge is 2.15. The van der Waals surface area contributed by atoms with E-state index in [4.69, 9.17) is 48.4 Å². The van der Waals surface area contributed by atoms with Crippen LogP contribution in [0.15, 0.2) is 24.3 Å². The molecule has 0 spiro atoms. The predicted molar refractivity (Wildman–Crippen MR) is 138 cm³/mol. The Morgan fingerprint density at radius 1 is 0.595 bits per heavy atom. The molecule has 0 aromatic heterocycles. The molecule has 0 saturated carbocycles. The number of anilines is 1. The fraction of sp³-hybridized carbons (Fsp3) is 0.731. The molecule has 1 aromatic carbocycles. The van der Waals surface area contributed by atoms with Crippen molar-refractivity contribution in [2.24, 2.45) is 0 Å². The molecule has 11 nitrogen and oxygen atoms in total. The molecule has 0 bridgehead atoms. The number of hydrogen-bond donors (Lipinski definition) is 1. The van der Waals surface area contributed by atoms with E-state index in [9.17, 15) is 4.79 Å². The Labute approximate surface area is 220 Å².